The summed E-state index contributed by atoms with van der Waals surface area (Å²) in [5.74, 6) is 0.732. The van der Waals surface area contributed by atoms with E-state index in [1.54, 1.807) is 11.1 Å². The zero-order chi connectivity index (χ0) is 12.2. The van der Waals surface area contributed by atoms with Crippen LogP contribution in [-0.2, 0) is 6.42 Å². The number of hydrogen-bond donors (Lipinski definition) is 2. The first-order chi connectivity index (χ1) is 8.93. The van der Waals surface area contributed by atoms with Crippen LogP contribution in [-0.4, -0.2) is 25.7 Å². The van der Waals surface area contributed by atoms with Gasteiger partial charge in [0, 0.05) is 25.7 Å². The molecule has 0 spiro atoms. The molecule has 0 saturated heterocycles. The summed E-state index contributed by atoms with van der Waals surface area (Å²) in [7, 11) is 0. The normalized spacial score (nSPS) is 22.8. The second kappa shape index (κ2) is 5.85. The summed E-state index contributed by atoms with van der Waals surface area (Å²) in [5, 5.41) is 7.17. The molecule has 0 heterocycles. The Hall–Kier alpha value is -0.860. The Bertz CT molecular complexity index is 384. The molecule has 0 amide bonds. The molecule has 0 aromatic heterocycles. The van der Waals surface area contributed by atoms with Gasteiger partial charge in [-0.25, -0.2) is 0 Å². The van der Waals surface area contributed by atoms with Gasteiger partial charge in [0.25, 0.3) is 0 Å². The van der Waals surface area contributed by atoms with E-state index in [0.717, 1.165) is 31.6 Å². The van der Waals surface area contributed by atoms with Gasteiger partial charge in [0.1, 0.15) is 0 Å². The lowest BCUT2D eigenvalue weighted by Gasteiger charge is -2.25. The van der Waals surface area contributed by atoms with Gasteiger partial charge < -0.3 is 10.6 Å². The first-order valence-corrected chi connectivity index (χ1v) is 7.45. The molecule has 1 aromatic carbocycles. The second-order valence-corrected chi connectivity index (χ2v) is 5.72. The van der Waals surface area contributed by atoms with Crippen molar-refractivity contribution in [1.82, 2.24) is 10.6 Å². The molecule has 2 nitrogen and oxygen atoms in total. The van der Waals surface area contributed by atoms with Crippen molar-refractivity contribution in [2.45, 2.75) is 44.1 Å². The molecule has 1 fully saturated rings. The molecular weight excluding hydrogens is 220 g/mol. The summed E-state index contributed by atoms with van der Waals surface area (Å²) in [5.41, 5.74) is 3.16. The predicted molar refractivity (Wildman–Crippen MR) is 76.0 cm³/mol. The lowest BCUT2D eigenvalue weighted by molar-refractivity contribution is 0.500. The van der Waals surface area contributed by atoms with Crippen molar-refractivity contribution in [2.75, 3.05) is 19.6 Å². The van der Waals surface area contributed by atoms with E-state index >= 15 is 0 Å². The molecule has 2 heteroatoms. The summed E-state index contributed by atoms with van der Waals surface area (Å²) in [6, 6.07) is 9.82. The molecule has 1 saturated carbocycles. The van der Waals surface area contributed by atoms with Crippen LogP contribution in [0.2, 0.25) is 0 Å². The van der Waals surface area contributed by atoms with Crippen molar-refractivity contribution >= 4 is 0 Å². The van der Waals surface area contributed by atoms with Crippen LogP contribution in [0.1, 0.15) is 42.7 Å². The van der Waals surface area contributed by atoms with E-state index in [1.165, 1.54) is 32.1 Å². The van der Waals surface area contributed by atoms with Crippen LogP contribution in [0.3, 0.4) is 0 Å². The zero-order valence-corrected chi connectivity index (χ0v) is 11.1. The fourth-order valence-corrected chi connectivity index (χ4v) is 3.00. The fourth-order valence-electron chi connectivity index (χ4n) is 3.00. The summed E-state index contributed by atoms with van der Waals surface area (Å²) in [6.07, 6.45) is 6.74. The lowest BCUT2D eigenvalue weighted by Crippen LogP contribution is -2.32. The van der Waals surface area contributed by atoms with Gasteiger partial charge in [-0.1, -0.05) is 24.3 Å². The highest BCUT2D eigenvalue weighted by Gasteiger charge is 2.20. The molecule has 98 valence electrons. The molecule has 1 aromatic rings. The third-order valence-corrected chi connectivity index (χ3v) is 4.20. The summed E-state index contributed by atoms with van der Waals surface area (Å²) >= 11 is 0. The van der Waals surface area contributed by atoms with Gasteiger partial charge in [-0.05, 0) is 49.1 Å². The van der Waals surface area contributed by atoms with E-state index in [9.17, 15) is 0 Å². The molecule has 0 radical (unpaired) electrons. The van der Waals surface area contributed by atoms with Crippen molar-refractivity contribution in [1.29, 1.82) is 0 Å². The van der Waals surface area contributed by atoms with Crippen LogP contribution in [0, 0.1) is 0 Å². The van der Waals surface area contributed by atoms with Crippen LogP contribution < -0.4 is 10.6 Å². The Morgan fingerprint density at radius 2 is 1.94 bits per heavy atom. The number of fused-ring (bicyclic) bond motifs is 1. The molecule has 2 aliphatic carbocycles. The molecule has 3 rings (SSSR count). The summed E-state index contributed by atoms with van der Waals surface area (Å²) in [4.78, 5) is 0. The smallest absolute Gasteiger partial charge is 0.00793 e. The Kier molecular flexibility index (Phi) is 3.96. The number of aryl methyl sites for hydroxylation is 1. The average Bonchev–Trinajstić information content (AvgIpc) is 3.23. The van der Waals surface area contributed by atoms with Crippen LogP contribution in [0.25, 0.3) is 0 Å². The lowest BCUT2D eigenvalue weighted by atomic mass is 9.83. The number of benzene rings is 1. The molecule has 2 N–H and O–H groups in total. The fraction of sp³-hybridized carbons (Fsp3) is 0.625. The van der Waals surface area contributed by atoms with Crippen LogP contribution >= 0.6 is 0 Å². The van der Waals surface area contributed by atoms with Gasteiger partial charge >= 0.3 is 0 Å². The van der Waals surface area contributed by atoms with Crippen LogP contribution in [0.4, 0.5) is 0 Å². The molecular formula is C16H24N2. The third kappa shape index (κ3) is 3.12. The molecule has 0 aliphatic heterocycles. The van der Waals surface area contributed by atoms with Gasteiger partial charge in [-0.2, -0.15) is 0 Å². The highest BCUT2D eigenvalue weighted by atomic mass is 15.0. The highest BCUT2D eigenvalue weighted by Crippen LogP contribution is 2.30. The van der Waals surface area contributed by atoms with E-state index in [4.69, 9.17) is 0 Å². The van der Waals surface area contributed by atoms with E-state index < -0.39 is 0 Å². The molecule has 0 bridgehead atoms. The van der Waals surface area contributed by atoms with Crippen molar-refractivity contribution in [3.63, 3.8) is 0 Å². The molecule has 18 heavy (non-hydrogen) atoms. The minimum atomic E-state index is 0.732. The van der Waals surface area contributed by atoms with Crippen molar-refractivity contribution in [3.05, 3.63) is 35.4 Å². The number of rotatable bonds is 6. The minimum absolute atomic E-state index is 0.732. The quantitative estimate of drug-likeness (QED) is 0.751. The second-order valence-electron chi connectivity index (χ2n) is 5.72. The van der Waals surface area contributed by atoms with Crippen LogP contribution in [0.15, 0.2) is 24.3 Å². The SMILES string of the molecule is c1ccc2c(c1)CCCC2CNCCNC1CC1. The van der Waals surface area contributed by atoms with Crippen molar-refractivity contribution in [2.24, 2.45) is 0 Å². The summed E-state index contributed by atoms with van der Waals surface area (Å²) < 4.78 is 0. The van der Waals surface area contributed by atoms with Gasteiger partial charge in [-0.3, -0.25) is 0 Å². The Morgan fingerprint density at radius 1 is 1.06 bits per heavy atom. The average molecular weight is 244 g/mol. The zero-order valence-electron chi connectivity index (χ0n) is 11.1. The molecule has 1 atom stereocenters. The minimum Gasteiger partial charge on any atom is -0.315 e. The maximum atomic E-state index is 3.62. The van der Waals surface area contributed by atoms with Crippen molar-refractivity contribution < 1.29 is 0 Å². The Balaban J connectivity index is 1.44. The van der Waals surface area contributed by atoms with E-state index in [2.05, 4.69) is 34.9 Å². The standard InChI is InChI=1S/C16H24N2/c1-2-7-16-13(4-1)5-3-6-14(16)12-17-10-11-18-15-8-9-15/h1-2,4,7,14-15,17-18H,3,5-6,8-12H2. The number of nitrogens with one attached hydrogen (secondary N) is 2. The topological polar surface area (TPSA) is 24.1 Å². The summed E-state index contributed by atoms with van der Waals surface area (Å²) in [6.45, 7) is 3.37. The number of hydrogen-bond acceptors (Lipinski definition) is 2. The monoisotopic (exact) mass is 244 g/mol. The van der Waals surface area contributed by atoms with Gasteiger partial charge in [-0.15, -0.1) is 0 Å². The predicted octanol–water partition coefficient (Wildman–Crippen LogP) is 2.45. The maximum Gasteiger partial charge on any atom is 0.00793 e. The Labute approximate surface area is 110 Å². The largest absolute Gasteiger partial charge is 0.315 e. The third-order valence-electron chi connectivity index (χ3n) is 4.20. The highest BCUT2D eigenvalue weighted by molar-refractivity contribution is 5.32. The first kappa shape index (κ1) is 12.2. The van der Waals surface area contributed by atoms with E-state index in [-0.39, 0.29) is 0 Å². The maximum absolute atomic E-state index is 3.62. The van der Waals surface area contributed by atoms with Gasteiger partial charge in [0.05, 0.1) is 0 Å². The van der Waals surface area contributed by atoms with Crippen molar-refractivity contribution in [3.8, 4) is 0 Å². The van der Waals surface area contributed by atoms with Gasteiger partial charge in [0.15, 0.2) is 0 Å². The Morgan fingerprint density at radius 3 is 2.83 bits per heavy atom. The van der Waals surface area contributed by atoms with E-state index in [0.29, 0.717) is 0 Å². The van der Waals surface area contributed by atoms with Gasteiger partial charge in [0.2, 0.25) is 0 Å². The molecule has 1 unspecified atom stereocenters. The van der Waals surface area contributed by atoms with E-state index in [1.807, 2.05) is 0 Å². The van der Waals surface area contributed by atoms with Crippen LogP contribution in [0.5, 0.6) is 0 Å². The first-order valence-electron chi connectivity index (χ1n) is 7.45. The molecule has 2 aliphatic rings.